The molecule has 0 radical (unpaired) electrons. The number of nitrogens with one attached hydrogen (secondary N) is 2. The first-order chi connectivity index (χ1) is 19.8. The van der Waals surface area contributed by atoms with Gasteiger partial charge in [0, 0.05) is 46.1 Å². The minimum Gasteiger partial charge on any atom is -0.493 e. The van der Waals surface area contributed by atoms with Crippen molar-refractivity contribution in [3.63, 3.8) is 0 Å². The van der Waals surface area contributed by atoms with E-state index in [1.54, 1.807) is 0 Å². The number of ether oxygens (including phenoxy) is 2. The Kier molecular flexibility index (Phi) is 4.77. The van der Waals surface area contributed by atoms with Crippen LogP contribution in [0.5, 0.6) is 11.5 Å². The first-order valence-electron chi connectivity index (χ1n) is 14.6. The third-order valence-electron chi connectivity index (χ3n) is 9.13. The summed E-state index contributed by atoms with van der Waals surface area (Å²) in [5.41, 5.74) is 15.9. The summed E-state index contributed by atoms with van der Waals surface area (Å²) < 4.78 is 11.5. The van der Waals surface area contributed by atoms with Gasteiger partial charge in [-0.25, -0.2) is 0 Å². The molecule has 2 N–H and O–H groups in total. The Labute approximate surface area is 233 Å². The molecule has 4 aromatic carbocycles. The monoisotopic (exact) mass is 522 g/mol. The number of hydrogen-bond donors (Lipinski definition) is 2. The van der Waals surface area contributed by atoms with E-state index in [1.165, 1.54) is 77.7 Å². The molecule has 0 saturated carbocycles. The molecule has 4 heterocycles. The smallest absolute Gasteiger partial charge is 0.122 e. The lowest BCUT2D eigenvalue weighted by Crippen LogP contribution is -2.01. The van der Waals surface area contributed by atoms with Gasteiger partial charge in [-0.3, -0.25) is 0 Å². The van der Waals surface area contributed by atoms with Crippen molar-refractivity contribution in [2.45, 2.75) is 38.5 Å². The van der Waals surface area contributed by atoms with Crippen LogP contribution >= 0.6 is 0 Å². The number of fused-ring (bicyclic) bond motifs is 10. The highest BCUT2D eigenvalue weighted by atomic mass is 16.5. The van der Waals surface area contributed by atoms with Crippen LogP contribution in [-0.4, -0.2) is 23.2 Å². The van der Waals surface area contributed by atoms with Gasteiger partial charge in [0.05, 0.1) is 24.2 Å². The summed E-state index contributed by atoms with van der Waals surface area (Å²) in [6.07, 6.45) is 6.06. The summed E-state index contributed by atoms with van der Waals surface area (Å²) in [5.74, 6) is 2.15. The van der Waals surface area contributed by atoms with E-state index in [4.69, 9.17) is 9.47 Å². The number of H-pyrrole nitrogens is 2. The fourth-order valence-corrected chi connectivity index (χ4v) is 6.99. The molecule has 0 amide bonds. The minimum absolute atomic E-state index is 0.814. The number of aryl methyl sites for hydroxylation is 4. The Bertz CT molecular complexity index is 1820. The Balaban J connectivity index is 0.970. The molecule has 9 rings (SSSR count). The van der Waals surface area contributed by atoms with Crippen molar-refractivity contribution in [1.82, 2.24) is 9.97 Å². The summed E-state index contributed by atoms with van der Waals surface area (Å²) in [6.45, 7) is 1.63. The van der Waals surface area contributed by atoms with E-state index in [9.17, 15) is 0 Å². The standard InChI is InChI=1S/C36H30N2O2/c1-5-23-13-15-39-31(23)17-21(1)3-9-27-19-25-7-11-29-33(35(25)37-27)30-12-8-26-20-28(38-36(26)34(29)30)10-4-22-2-6-24-14-16-40-32(24)18-22/h1-2,5-8,11-12,17-20,37-38H,3-4,9-10,13-16H2. The van der Waals surface area contributed by atoms with Gasteiger partial charge >= 0.3 is 0 Å². The zero-order valence-corrected chi connectivity index (χ0v) is 22.4. The molecule has 0 atom stereocenters. The highest BCUT2D eigenvalue weighted by Crippen LogP contribution is 2.53. The molecular formula is C36H30N2O2. The molecule has 40 heavy (non-hydrogen) atoms. The molecule has 4 nitrogen and oxygen atoms in total. The van der Waals surface area contributed by atoms with Crippen molar-refractivity contribution < 1.29 is 9.47 Å². The normalized spacial score (nSPS) is 14.4. The molecule has 6 aromatic rings. The van der Waals surface area contributed by atoms with Gasteiger partial charge in [0.25, 0.3) is 0 Å². The van der Waals surface area contributed by atoms with Gasteiger partial charge in [-0.1, -0.05) is 48.5 Å². The zero-order chi connectivity index (χ0) is 26.2. The first kappa shape index (κ1) is 22.4. The quantitative estimate of drug-likeness (QED) is 0.235. The molecule has 1 aliphatic carbocycles. The predicted octanol–water partition coefficient (Wildman–Crippen LogP) is 7.74. The molecule has 0 spiro atoms. The van der Waals surface area contributed by atoms with Crippen molar-refractivity contribution in [2.75, 3.05) is 13.2 Å². The van der Waals surface area contributed by atoms with Crippen LogP contribution in [0, 0.1) is 0 Å². The van der Waals surface area contributed by atoms with Crippen molar-refractivity contribution in [3.8, 4) is 33.8 Å². The minimum atomic E-state index is 0.814. The van der Waals surface area contributed by atoms with Crippen LogP contribution in [0.3, 0.4) is 0 Å². The average Bonchev–Trinajstić information content (AvgIpc) is 3.76. The topological polar surface area (TPSA) is 50.0 Å². The maximum absolute atomic E-state index is 5.77. The highest BCUT2D eigenvalue weighted by molar-refractivity contribution is 6.20. The Hall–Kier alpha value is -4.44. The van der Waals surface area contributed by atoms with E-state index in [2.05, 4.69) is 82.8 Å². The largest absolute Gasteiger partial charge is 0.493 e. The van der Waals surface area contributed by atoms with Crippen molar-refractivity contribution >= 4 is 21.8 Å². The van der Waals surface area contributed by atoms with Crippen LogP contribution < -0.4 is 9.47 Å². The summed E-state index contributed by atoms with van der Waals surface area (Å²) >= 11 is 0. The van der Waals surface area contributed by atoms with Crippen LogP contribution in [0.4, 0.5) is 0 Å². The second-order valence-corrected chi connectivity index (χ2v) is 11.6. The van der Waals surface area contributed by atoms with Gasteiger partial charge in [0.1, 0.15) is 11.5 Å². The third-order valence-corrected chi connectivity index (χ3v) is 9.13. The van der Waals surface area contributed by atoms with Gasteiger partial charge in [0.2, 0.25) is 0 Å². The number of benzene rings is 4. The molecule has 0 fully saturated rings. The molecule has 4 heteroatoms. The number of aromatic nitrogens is 2. The number of hydrogen-bond acceptors (Lipinski definition) is 2. The summed E-state index contributed by atoms with van der Waals surface area (Å²) in [6, 6.07) is 27.3. The van der Waals surface area contributed by atoms with Crippen LogP contribution in [0.15, 0.2) is 72.8 Å². The molecule has 2 aromatic heterocycles. The Morgan fingerprint density at radius 1 is 0.525 bits per heavy atom. The summed E-state index contributed by atoms with van der Waals surface area (Å²) in [5, 5.41) is 2.59. The van der Waals surface area contributed by atoms with Gasteiger partial charge in [-0.15, -0.1) is 0 Å². The lowest BCUT2D eigenvalue weighted by molar-refractivity contribution is 0.356. The van der Waals surface area contributed by atoms with Crippen molar-refractivity contribution in [1.29, 1.82) is 0 Å². The van der Waals surface area contributed by atoms with E-state index in [0.717, 1.165) is 63.2 Å². The second kappa shape index (κ2) is 8.53. The molecule has 0 unspecified atom stereocenters. The molecule has 196 valence electrons. The Morgan fingerprint density at radius 3 is 1.52 bits per heavy atom. The Morgan fingerprint density at radius 2 is 1.02 bits per heavy atom. The van der Waals surface area contributed by atoms with E-state index in [1.807, 2.05) is 0 Å². The summed E-state index contributed by atoms with van der Waals surface area (Å²) in [7, 11) is 0. The lowest BCUT2D eigenvalue weighted by Gasteiger charge is -2.25. The highest BCUT2D eigenvalue weighted by Gasteiger charge is 2.28. The maximum atomic E-state index is 5.77. The van der Waals surface area contributed by atoms with E-state index in [-0.39, 0.29) is 0 Å². The molecular weight excluding hydrogens is 492 g/mol. The average molecular weight is 523 g/mol. The number of rotatable bonds is 6. The van der Waals surface area contributed by atoms with E-state index < -0.39 is 0 Å². The van der Waals surface area contributed by atoms with Crippen molar-refractivity contribution in [2.24, 2.45) is 0 Å². The van der Waals surface area contributed by atoms with Crippen LogP contribution in [0.1, 0.15) is 33.6 Å². The fourth-order valence-electron chi connectivity index (χ4n) is 6.99. The lowest BCUT2D eigenvalue weighted by atomic mass is 9.78. The van der Waals surface area contributed by atoms with Gasteiger partial charge < -0.3 is 19.4 Å². The van der Waals surface area contributed by atoms with E-state index >= 15 is 0 Å². The first-order valence-corrected chi connectivity index (χ1v) is 14.6. The van der Waals surface area contributed by atoms with Crippen LogP contribution in [0.2, 0.25) is 0 Å². The maximum Gasteiger partial charge on any atom is 0.122 e. The molecule has 2 aliphatic heterocycles. The SMILES string of the molecule is c1cc2c(cc1CCc1cc3ccc4c(c3[nH]1)-c1ccc3cc(CCc5ccc6c(c5)OCC6)[nH]c3c1-4)OCC2. The van der Waals surface area contributed by atoms with Crippen LogP contribution in [0.25, 0.3) is 44.1 Å². The molecule has 0 saturated heterocycles. The number of aromatic amines is 2. The fraction of sp³-hybridized carbons (Fsp3) is 0.222. The summed E-state index contributed by atoms with van der Waals surface area (Å²) in [4.78, 5) is 7.55. The predicted molar refractivity (Wildman–Crippen MR) is 161 cm³/mol. The molecule has 3 aliphatic rings. The zero-order valence-electron chi connectivity index (χ0n) is 22.4. The van der Waals surface area contributed by atoms with Gasteiger partial charge in [0.15, 0.2) is 0 Å². The van der Waals surface area contributed by atoms with Crippen LogP contribution in [-0.2, 0) is 38.5 Å². The third kappa shape index (κ3) is 3.45. The van der Waals surface area contributed by atoms with Gasteiger partial charge in [-0.2, -0.15) is 0 Å². The molecule has 0 bridgehead atoms. The van der Waals surface area contributed by atoms with Gasteiger partial charge in [-0.05, 0) is 83.3 Å². The van der Waals surface area contributed by atoms with Crippen molar-refractivity contribution in [3.05, 3.63) is 106 Å². The second-order valence-electron chi connectivity index (χ2n) is 11.6. The van der Waals surface area contributed by atoms with E-state index in [0.29, 0.717) is 0 Å².